The lowest BCUT2D eigenvalue weighted by atomic mass is 10.0. The van der Waals surface area contributed by atoms with Crippen LogP contribution in [0.5, 0.6) is 0 Å². The molecule has 0 amide bonds. The molecule has 24 heavy (non-hydrogen) atoms. The van der Waals surface area contributed by atoms with Crippen LogP contribution in [0.3, 0.4) is 0 Å². The second kappa shape index (κ2) is 6.72. The van der Waals surface area contributed by atoms with E-state index in [0.29, 0.717) is 5.56 Å². The van der Waals surface area contributed by atoms with Gasteiger partial charge in [0.2, 0.25) is 0 Å². The van der Waals surface area contributed by atoms with Crippen molar-refractivity contribution in [2.75, 3.05) is 0 Å². The quantitative estimate of drug-likeness (QED) is 0.721. The first-order chi connectivity index (χ1) is 11.5. The Bertz CT molecular complexity index is 909. The molecule has 0 saturated carbocycles. The number of ketones is 2. The molecule has 5 nitrogen and oxygen atoms in total. The molecule has 1 aromatic carbocycles. The van der Waals surface area contributed by atoms with E-state index < -0.39 is 11.6 Å². The first kappa shape index (κ1) is 16.0. The highest BCUT2D eigenvalue weighted by molar-refractivity contribution is 6.31. The number of nitrogens with zero attached hydrogens (tertiary/aromatic N) is 2. The molecule has 0 fully saturated rings. The van der Waals surface area contributed by atoms with E-state index in [4.69, 9.17) is 11.6 Å². The molecule has 0 aliphatic rings. The summed E-state index contributed by atoms with van der Waals surface area (Å²) in [5.41, 5.74) is 0.955. The van der Waals surface area contributed by atoms with E-state index in [1.807, 2.05) is 0 Å². The lowest BCUT2D eigenvalue weighted by Gasteiger charge is -2.01. The predicted octanol–water partition coefficient (Wildman–Crippen LogP) is 3.25. The smallest absolute Gasteiger partial charge is 0.197 e. The van der Waals surface area contributed by atoms with Gasteiger partial charge < -0.3 is 4.98 Å². The average Bonchev–Trinajstić information content (AvgIpc) is 3.07. The fraction of sp³-hybridized carbons (Fsp3) is 0.0588. The van der Waals surface area contributed by atoms with Crippen molar-refractivity contribution in [2.24, 2.45) is 0 Å². The molecule has 0 spiro atoms. The van der Waals surface area contributed by atoms with Crippen LogP contribution >= 0.6 is 11.6 Å². The number of rotatable bonds is 5. The molecule has 1 N–H and O–H groups in total. The average molecular weight is 344 g/mol. The molecular weight excluding hydrogens is 333 g/mol. The number of Topliss-reactive ketones (excluding diaryl/α,β-unsaturated/α-hetero) is 1. The van der Waals surface area contributed by atoms with Crippen LogP contribution in [-0.4, -0.2) is 26.5 Å². The third-order valence-corrected chi connectivity index (χ3v) is 3.63. The molecule has 0 atom stereocenters. The van der Waals surface area contributed by atoms with E-state index in [1.54, 1.807) is 12.4 Å². The van der Waals surface area contributed by atoms with Crippen LogP contribution in [0.4, 0.5) is 4.39 Å². The summed E-state index contributed by atoms with van der Waals surface area (Å²) in [6.07, 6.45) is 5.93. The molecule has 7 heteroatoms. The van der Waals surface area contributed by atoms with Gasteiger partial charge in [-0.3, -0.25) is 9.59 Å². The Morgan fingerprint density at radius 2 is 1.92 bits per heavy atom. The number of hydrogen-bond donors (Lipinski definition) is 1. The summed E-state index contributed by atoms with van der Waals surface area (Å²) in [4.78, 5) is 35.0. The number of halogens is 2. The van der Waals surface area contributed by atoms with Gasteiger partial charge in [-0.2, -0.15) is 0 Å². The van der Waals surface area contributed by atoms with Crippen molar-refractivity contribution in [3.05, 3.63) is 82.4 Å². The predicted molar refractivity (Wildman–Crippen MR) is 85.7 cm³/mol. The van der Waals surface area contributed by atoms with Gasteiger partial charge in [0.25, 0.3) is 0 Å². The second-order valence-electron chi connectivity index (χ2n) is 5.10. The normalized spacial score (nSPS) is 10.6. The maximum Gasteiger partial charge on any atom is 0.197 e. The van der Waals surface area contributed by atoms with Gasteiger partial charge in [-0.15, -0.1) is 0 Å². The zero-order valence-corrected chi connectivity index (χ0v) is 13.0. The van der Waals surface area contributed by atoms with Crippen molar-refractivity contribution in [3.8, 4) is 0 Å². The molecule has 0 aliphatic heterocycles. The molecule has 0 saturated heterocycles. The monoisotopic (exact) mass is 343 g/mol. The number of nitrogens with one attached hydrogen (secondary N) is 1. The highest BCUT2D eigenvalue weighted by atomic mass is 35.5. The van der Waals surface area contributed by atoms with Gasteiger partial charge >= 0.3 is 0 Å². The number of aromatic nitrogens is 3. The summed E-state index contributed by atoms with van der Waals surface area (Å²) in [7, 11) is 0. The van der Waals surface area contributed by atoms with Gasteiger partial charge in [0.15, 0.2) is 11.6 Å². The first-order valence-electron chi connectivity index (χ1n) is 7.00. The summed E-state index contributed by atoms with van der Waals surface area (Å²) in [6.45, 7) is 0. The van der Waals surface area contributed by atoms with Crippen LogP contribution in [0.25, 0.3) is 0 Å². The second-order valence-corrected chi connectivity index (χ2v) is 5.54. The van der Waals surface area contributed by atoms with Crippen molar-refractivity contribution < 1.29 is 14.0 Å². The summed E-state index contributed by atoms with van der Waals surface area (Å²) in [5, 5.41) is 0.260. The highest BCUT2D eigenvalue weighted by Gasteiger charge is 2.18. The van der Waals surface area contributed by atoms with Crippen molar-refractivity contribution in [3.63, 3.8) is 0 Å². The maximum atomic E-state index is 13.8. The van der Waals surface area contributed by atoms with E-state index in [0.717, 1.165) is 6.07 Å². The number of aromatic amines is 1. The minimum absolute atomic E-state index is 0.0977. The van der Waals surface area contributed by atoms with Crippen molar-refractivity contribution in [1.29, 1.82) is 0 Å². The largest absolute Gasteiger partial charge is 0.358 e. The lowest BCUT2D eigenvalue weighted by molar-refractivity contribution is 0.0988. The number of carbonyl (C=O) groups excluding carboxylic acids is 2. The van der Waals surface area contributed by atoms with Crippen LogP contribution in [0.2, 0.25) is 5.02 Å². The Labute approximate surface area is 141 Å². The summed E-state index contributed by atoms with van der Waals surface area (Å²) < 4.78 is 13.8. The molecule has 0 radical (unpaired) electrons. The Hall–Kier alpha value is -2.86. The molecule has 2 aromatic heterocycles. The van der Waals surface area contributed by atoms with E-state index in [9.17, 15) is 14.0 Å². The lowest BCUT2D eigenvalue weighted by Crippen LogP contribution is -2.05. The van der Waals surface area contributed by atoms with E-state index in [2.05, 4.69) is 15.0 Å². The van der Waals surface area contributed by atoms with Crippen LogP contribution in [0.1, 0.15) is 32.0 Å². The first-order valence-corrected chi connectivity index (χ1v) is 7.37. The Balaban J connectivity index is 1.81. The molecular formula is C17H11ClFN3O2. The fourth-order valence-electron chi connectivity index (χ4n) is 2.22. The topological polar surface area (TPSA) is 75.7 Å². The van der Waals surface area contributed by atoms with Crippen molar-refractivity contribution in [1.82, 2.24) is 15.0 Å². The number of hydrogen-bond acceptors (Lipinski definition) is 4. The molecule has 3 aromatic rings. The van der Waals surface area contributed by atoms with Gasteiger partial charge in [-0.05, 0) is 29.8 Å². The van der Waals surface area contributed by atoms with Crippen LogP contribution in [0.15, 0.2) is 49.2 Å². The fourth-order valence-corrected chi connectivity index (χ4v) is 2.39. The SMILES string of the molecule is O=C(Cc1cncnc1)c1cc(C(=O)c2cc(Cl)ccc2F)c[nH]1. The third-order valence-electron chi connectivity index (χ3n) is 3.40. The minimum Gasteiger partial charge on any atom is -0.358 e. The Kier molecular flexibility index (Phi) is 4.48. The van der Waals surface area contributed by atoms with Crippen molar-refractivity contribution >= 4 is 23.2 Å². The van der Waals surface area contributed by atoms with Crippen LogP contribution < -0.4 is 0 Å². The third kappa shape index (κ3) is 3.38. The Morgan fingerprint density at radius 3 is 2.67 bits per heavy atom. The summed E-state index contributed by atoms with van der Waals surface area (Å²) in [5.74, 6) is -1.44. The molecule has 0 unspecified atom stereocenters. The van der Waals surface area contributed by atoms with Crippen LogP contribution in [-0.2, 0) is 6.42 Å². The van der Waals surface area contributed by atoms with Gasteiger partial charge in [-0.25, -0.2) is 14.4 Å². The van der Waals surface area contributed by atoms with Gasteiger partial charge in [0.1, 0.15) is 12.1 Å². The number of carbonyl (C=O) groups is 2. The van der Waals surface area contributed by atoms with Crippen molar-refractivity contribution in [2.45, 2.75) is 6.42 Å². The van der Waals surface area contributed by atoms with Gasteiger partial charge in [-0.1, -0.05) is 11.6 Å². The summed E-state index contributed by atoms with van der Waals surface area (Å²) in [6, 6.07) is 5.15. The van der Waals surface area contributed by atoms with Gasteiger partial charge in [0.05, 0.1) is 11.3 Å². The van der Waals surface area contributed by atoms with E-state index >= 15 is 0 Å². The maximum absolute atomic E-state index is 13.8. The van der Waals surface area contributed by atoms with E-state index in [-0.39, 0.29) is 34.0 Å². The van der Waals surface area contributed by atoms with E-state index in [1.165, 1.54) is 30.7 Å². The number of H-pyrrole nitrogens is 1. The highest BCUT2D eigenvalue weighted by Crippen LogP contribution is 2.19. The zero-order chi connectivity index (χ0) is 17.1. The molecule has 0 bridgehead atoms. The molecule has 0 aliphatic carbocycles. The van der Waals surface area contributed by atoms with Gasteiger partial charge in [0, 0.05) is 35.6 Å². The Morgan fingerprint density at radius 1 is 1.17 bits per heavy atom. The molecule has 120 valence electrons. The molecule has 2 heterocycles. The zero-order valence-electron chi connectivity index (χ0n) is 12.3. The summed E-state index contributed by atoms with van der Waals surface area (Å²) >= 11 is 5.80. The standard InChI is InChI=1S/C17H11ClFN3O2/c18-12-1-2-14(19)13(5-12)17(24)11-4-15(22-8-11)16(23)3-10-6-20-9-21-7-10/h1-2,4-9,22H,3H2. The van der Waals surface area contributed by atoms with Crippen LogP contribution in [0, 0.1) is 5.82 Å². The number of benzene rings is 1. The molecule has 3 rings (SSSR count). The minimum atomic E-state index is -0.667.